The normalized spacial score (nSPS) is 11.0. The molecule has 0 aliphatic carbocycles. The van der Waals surface area contributed by atoms with Gasteiger partial charge in [-0.1, -0.05) is 6.07 Å². The second kappa shape index (κ2) is 7.84. The molecule has 0 radical (unpaired) electrons. The number of hydrogen-bond acceptors (Lipinski definition) is 5. The maximum absolute atomic E-state index is 13.0. The van der Waals surface area contributed by atoms with Gasteiger partial charge in [0.05, 0.1) is 29.9 Å². The molecular formula is C22H25N3O3. The van der Waals surface area contributed by atoms with E-state index in [9.17, 15) is 4.79 Å². The number of carbonyl (C=O) groups excluding carboxylic acids is 1. The van der Waals surface area contributed by atoms with Crippen molar-refractivity contribution in [2.45, 2.75) is 40.7 Å². The number of aryl methyl sites for hydroxylation is 3. The van der Waals surface area contributed by atoms with E-state index in [1.807, 2.05) is 65.0 Å². The van der Waals surface area contributed by atoms with E-state index in [-0.39, 0.29) is 17.7 Å². The highest BCUT2D eigenvalue weighted by Gasteiger charge is 2.21. The lowest BCUT2D eigenvalue weighted by molar-refractivity contribution is 0.101. The number of benzene rings is 2. The van der Waals surface area contributed by atoms with Gasteiger partial charge in [0, 0.05) is 0 Å². The standard InChI is InChI=1S/C22H25N3O3/c1-12(2)28-22-20(23-16-10-14(4)15(5)11-17(16)25-22)21(26)24-18-9-13(3)7-8-19(18)27-6/h7-12H,1-6H3,(H,24,26). The number of carbonyl (C=O) groups is 1. The highest BCUT2D eigenvalue weighted by molar-refractivity contribution is 6.06. The quantitative estimate of drug-likeness (QED) is 0.701. The zero-order valence-corrected chi connectivity index (χ0v) is 17.1. The Morgan fingerprint density at radius 1 is 1.00 bits per heavy atom. The predicted octanol–water partition coefficient (Wildman–Crippen LogP) is 4.60. The Balaban J connectivity index is 2.08. The Bertz CT molecular complexity index is 1040. The lowest BCUT2D eigenvalue weighted by Crippen LogP contribution is -2.19. The number of ether oxygens (including phenoxy) is 2. The van der Waals surface area contributed by atoms with Gasteiger partial charge in [0.15, 0.2) is 5.69 Å². The molecule has 0 bridgehead atoms. The molecule has 0 saturated carbocycles. The van der Waals surface area contributed by atoms with Crippen LogP contribution < -0.4 is 14.8 Å². The van der Waals surface area contributed by atoms with Gasteiger partial charge in [-0.25, -0.2) is 9.97 Å². The molecule has 1 amide bonds. The first-order valence-electron chi connectivity index (χ1n) is 9.20. The molecule has 6 nitrogen and oxygen atoms in total. The molecular weight excluding hydrogens is 354 g/mol. The van der Waals surface area contributed by atoms with Crippen LogP contribution in [0.3, 0.4) is 0 Å². The van der Waals surface area contributed by atoms with Gasteiger partial charge in [0.25, 0.3) is 5.91 Å². The van der Waals surface area contributed by atoms with Crippen LogP contribution in [0.4, 0.5) is 5.69 Å². The third-order valence-electron chi connectivity index (χ3n) is 4.41. The van der Waals surface area contributed by atoms with Crippen molar-refractivity contribution in [3.8, 4) is 11.6 Å². The van der Waals surface area contributed by atoms with Crippen LogP contribution in [-0.2, 0) is 0 Å². The third-order valence-corrected chi connectivity index (χ3v) is 4.41. The Labute approximate surface area is 164 Å². The van der Waals surface area contributed by atoms with Gasteiger partial charge in [-0.15, -0.1) is 0 Å². The van der Waals surface area contributed by atoms with Crippen LogP contribution >= 0.6 is 0 Å². The van der Waals surface area contributed by atoms with Gasteiger partial charge in [0.1, 0.15) is 5.75 Å². The number of nitrogens with one attached hydrogen (secondary N) is 1. The summed E-state index contributed by atoms with van der Waals surface area (Å²) in [5.41, 5.74) is 5.28. The van der Waals surface area contributed by atoms with Crippen LogP contribution in [0.2, 0.25) is 0 Å². The molecule has 1 heterocycles. The smallest absolute Gasteiger partial charge is 0.280 e. The maximum atomic E-state index is 13.0. The molecule has 0 atom stereocenters. The number of nitrogens with zero attached hydrogens (tertiary/aromatic N) is 2. The van der Waals surface area contributed by atoms with Crippen molar-refractivity contribution in [2.75, 3.05) is 12.4 Å². The molecule has 6 heteroatoms. The van der Waals surface area contributed by atoms with Crippen LogP contribution in [-0.4, -0.2) is 29.1 Å². The average molecular weight is 379 g/mol. The molecule has 3 aromatic rings. The van der Waals surface area contributed by atoms with E-state index in [1.54, 1.807) is 7.11 Å². The van der Waals surface area contributed by atoms with E-state index >= 15 is 0 Å². The van der Waals surface area contributed by atoms with E-state index in [1.165, 1.54) is 0 Å². The summed E-state index contributed by atoms with van der Waals surface area (Å²) in [5, 5.41) is 2.88. The van der Waals surface area contributed by atoms with Crippen molar-refractivity contribution in [1.82, 2.24) is 9.97 Å². The van der Waals surface area contributed by atoms with Gasteiger partial charge in [-0.3, -0.25) is 4.79 Å². The monoisotopic (exact) mass is 379 g/mol. The minimum atomic E-state index is -0.396. The molecule has 146 valence electrons. The molecule has 0 saturated heterocycles. The highest BCUT2D eigenvalue weighted by atomic mass is 16.5. The van der Waals surface area contributed by atoms with E-state index < -0.39 is 5.91 Å². The fourth-order valence-electron chi connectivity index (χ4n) is 2.85. The summed E-state index contributed by atoms with van der Waals surface area (Å²) >= 11 is 0. The van der Waals surface area contributed by atoms with Gasteiger partial charge in [-0.05, 0) is 75.6 Å². The highest BCUT2D eigenvalue weighted by Crippen LogP contribution is 2.28. The molecule has 1 aromatic heterocycles. The van der Waals surface area contributed by atoms with Crippen molar-refractivity contribution in [3.05, 3.63) is 52.7 Å². The fourth-order valence-corrected chi connectivity index (χ4v) is 2.85. The summed E-state index contributed by atoms with van der Waals surface area (Å²) in [4.78, 5) is 22.2. The van der Waals surface area contributed by atoms with Gasteiger partial charge in [-0.2, -0.15) is 0 Å². The van der Waals surface area contributed by atoms with Gasteiger partial charge >= 0.3 is 0 Å². The van der Waals surface area contributed by atoms with E-state index in [2.05, 4.69) is 15.3 Å². The molecule has 2 aromatic carbocycles. The van der Waals surface area contributed by atoms with Crippen LogP contribution in [0.1, 0.15) is 41.0 Å². The largest absolute Gasteiger partial charge is 0.495 e. The summed E-state index contributed by atoms with van der Waals surface area (Å²) < 4.78 is 11.1. The van der Waals surface area contributed by atoms with Crippen LogP contribution in [0, 0.1) is 20.8 Å². The molecule has 3 rings (SSSR count). The summed E-state index contributed by atoms with van der Waals surface area (Å²) in [6.45, 7) is 9.74. The number of rotatable bonds is 5. The SMILES string of the molecule is COc1ccc(C)cc1NC(=O)c1nc2cc(C)c(C)cc2nc1OC(C)C. The zero-order chi connectivity index (χ0) is 20.4. The molecule has 0 aliphatic rings. The molecule has 0 spiro atoms. The van der Waals surface area contributed by atoms with Crippen molar-refractivity contribution in [3.63, 3.8) is 0 Å². The number of anilines is 1. The third kappa shape index (κ3) is 4.06. The van der Waals surface area contributed by atoms with Crippen molar-refractivity contribution in [1.29, 1.82) is 0 Å². The fraction of sp³-hybridized carbons (Fsp3) is 0.318. The Kier molecular flexibility index (Phi) is 5.49. The number of fused-ring (bicyclic) bond motifs is 1. The van der Waals surface area contributed by atoms with Gasteiger partial charge < -0.3 is 14.8 Å². The number of amides is 1. The second-order valence-electron chi connectivity index (χ2n) is 7.13. The summed E-state index contributed by atoms with van der Waals surface area (Å²) in [5.74, 6) is 0.396. The van der Waals surface area contributed by atoms with E-state index in [0.29, 0.717) is 22.5 Å². The van der Waals surface area contributed by atoms with Crippen LogP contribution in [0.5, 0.6) is 11.6 Å². The maximum Gasteiger partial charge on any atom is 0.280 e. The first-order chi connectivity index (χ1) is 13.3. The summed E-state index contributed by atoms with van der Waals surface area (Å²) in [6.07, 6.45) is -0.140. The molecule has 0 unspecified atom stereocenters. The first-order valence-corrected chi connectivity index (χ1v) is 9.20. The Morgan fingerprint density at radius 3 is 2.25 bits per heavy atom. The zero-order valence-electron chi connectivity index (χ0n) is 17.1. The number of methoxy groups -OCH3 is 1. The van der Waals surface area contributed by atoms with Gasteiger partial charge in [0.2, 0.25) is 5.88 Å². The lowest BCUT2D eigenvalue weighted by Gasteiger charge is -2.15. The summed E-state index contributed by atoms with van der Waals surface area (Å²) in [7, 11) is 1.56. The van der Waals surface area contributed by atoms with Crippen molar-refractivity contribution in [2.24, 2.45) is 0 Å². The average Bonchev–Trinajstić information content (AvgIpc) is 2.62. The lowest BCUT2D eigenvalue weighted by atomic mass is 10.1. The topological polar surface area (TPSA) is 73.3 Å². The van der Waals surface area contributed by atoms with E-state index in [4.69, 9.17) is 9.47 Å². The minimum absolute atomic E-state index is 0.140. The predicted molar refractivity (Wildman–Crippen MR) is 110 cm³/mol. The summed E-state index contributed by atoms with van der Waals surface area (Å²) in [6, 6.07) is 9.47. The molecule has 28 heavy (non-hydrogen) atoms. The first kappa shape index (κ1) is 19.6. The molecule has 1 N–H and O–H groups in total. The number of hydrogen-bond donors (Lipinski definition) is 1. The van der Waals surface area contributed by atoms with Crippen LogP contribution in [0.15, 0.2) is 30.3 Å². The van der Waals surface area contributed by atoms with E-state index in [0.717, 1.165) is 16.7 Å². The minimum Gasteiger partial charge on any atom is -0.495 e. The Morgan fingerprint density at radius 2 is 1.64 bits per heavy atom. The van der Waals surface area contributed by atoms with Crippen molar-refractivity contribution >= 4 is 22.6 Å². The Hall–Kier alpha value is -3.15. The molecule has 0 fully saturated rings. The van der Waals surface area contributed by atoms with Crippen molar-refractivity contribution < 1.29 is 14.3 Å². The number of aromatic nitrogens is 2. The second-order valence-corrected chi connectivity index (χ2v) is 7.13. The molecule has 0 aliphatic heterocycles. The van der Waals surface area contributed by atoms with Crippen LogP contribution in [0.25, 0.3) is 11.0 Å².